The highest BCUT2D eigenvalue weighted by molar-refractivity contribution is 8.02. The summed E-state index contributed by atoms with van der Waals surface area (Å²) in [5, 5.41) is 16.5. The molecule has 3 atom stereocenters. The van der Waals surface area contributed by atoms with Crippen LogP contribution in [0.1, 0.15) is 16.8 Å². The standard InChI is InChI=1S/C32H31F3N6O7S2/c33-2-6-40-10-18(27(42)17-9-20(34)26(21(35)25(17)40)39-7-4-36-5-8-39)32(47)48-11-16-13-50-30-23(29(44)41(30)24(16)31(45)46)38-28(43)22-19-14-49-12-15(19)1-3-37-22/h9-10,14-15,23,30,36H,1-8,11-13H2,(H,38,43)(H,45,46)/t15?,23?,30-/m1/s1. The number of anilines is 1. The molecular formula is C32H31F3N6O7S2. The molecule has 5 aliphatic rings. The Morgan fingerprint density at radius 2 is 1.96 bits per heavy atom. The number of hydrogen-bond donors (Lipinski definition) is 3. The number of carboxylic acid groups (broad SMARTS) is 1. The Labute approximate surface area is 291 Å². The van der Waals surface area contributed by atoms with Crippen molar-refractivity contribution in [3.63, 3.8) is 0 Å². The number of hydrogen-bond acceptors (Lipinski definition) is 11. The first-order valence-corrected chi connectivity index (χ1v) is 18.0. The fourth-order valence-corrected chi connectivity index (χ4v) is 9.34. The first-order chi connectivity index (χ1) is 24.1. The summed E-state index contributed by atoms with van der Waals surface area (Å²) in [6, 6.07) is -0.177. The van der Waals surface area contributed by atoms with E-state index in [2.05, 4.69) is 15.6 Å². The summed E-state index contributed by atoms with van der Waals surface area (Å²) in [6.07, 6.45) is 1.78. The molecule has 1 aromatic heterocycles. The van der Waals surface area contributed by atoms with Gasteiger partial charge in [-0.1, -0.05) is 0 Å². The van der Waals surface area contributed by atoms with Gasteiger partial charge in [0.1, 0.15) is 53.2 Å². The van der Waals surface area contributed by atoms with E-state index in [0.717, 1.165) is 51.2 Å². The molecular weight excluding hydrogens is 702 g/mol. The van der Waals surface area contributed by atoms with Gasteiger partial charge in [0.05, 0.1) is 17.4 Å². The molecule has 5 aliphatic heterocycles. The van der Waals surface area contributed by atoms with Crippen molar-refractivity contribution in [2.45, 2.75) is 24.4 Å². The number of carbonyl (C=O) groups is 4. The summed E-state index contributed by atoms with van der Waals surface area (Å²) < 4.78 is 51.1. The second-order valence-corrected chi connectivity index (χ2v) is 14.2. The average Bonchev–Trinajstić information content (AvgIpc) is 3.60. The topological polar surface area (TPSA) is 163 Å². The molecule has 1 aromatic carbocycles. The molecule has 2 unspecified atom stereocenters. The number of carboxylic acids is 1. The van der Waals surface area contributed by atoms with E-state index in [1.54, 1.807) is 11.8 Å². The Morgan fingerprint density at radius 3 is 2.70 bits per heavy atom. The van der Waals surface area contributed by atoms with Crippen molar-refractivity contribution in [1.29, 1.82) is 0 Å². The van der Waals surface area contributed by atoms with Crippen LogP contribution in [0.2, 0.25) is 0 Å². The lowest BCUT2D eigenvalue weighted by molar-refractivity contribution is -0.150. The van der Waals surface area contributed by atoms with Crippen molar-refractivity contribution in [2.24, 2.45) is 10.9 Å². The number of esters is 1. The first kappa shape index (κ1) is 34.2. The molecule has 0 aliphatic carbocycles. The van der Waals surface area contributed by atoms with E-state index in [0.29, 0.717) is 32.7 Å². The van der Waals surface area contributed by atoms with Crippen LogP contribution in [0.15, 0.2) is 44.3 Å². The molecule has 2 fully saturated rings. The number of pyridine rings is 1. The van der Waals surface area contributed by atoms with Gasteiger partial charge in [0.15, 0.2) is 5.82 Å². The highest BCUT2D eigenvalue weighted by atomic mass is 32.2. The molecule has 0 radical (unpaired) electrons. The van der Waals surface area contributed by atoms with E-state index in [1.807, 2.05) is 5.41 Å². The summed E-state index contributed by atoms with van der Waals surface area (Å²) in [7, 11) is 0. The molecule has 0 saturated carbocycles. The normalized spacial score (nSPS) is 23.2. The van der Waals surface area contributed by atoms with Crippen molar-refractivity contribution in [2.75, 3.05) is 62.4 Å². The van der Waals surface area contributed by atoms with Crippen LogP contribution in [0.4, 0.5) is 18.9 Å². The summed E-state index contributed by atoms with van der Waals surface area (Å²) in [5.41, 5.74) is -1.64. The van der Waals surface area contributed by atoms with Gasteiger partial charge in [-0.25, -0.2) is 22.8 Å². The molecule has 3 N–H and O–H groups in total. The van der Waals surface area contributed by atoms with Gasteiger partial charge in [0.25, 0.3) is 11.8 Å². The maximum absolute atomic E-state index is 15.8. The predicted octanol–water partition coefficient (Wildman–Crippen LogP) is 1.65. The van der Waals surface area contributed by atoms with E-state index in [9.17, 15) is 33.5 Å². The molecule has 50 heavy (non-hydrogen) atoms. The number of aromatic nitrogens is 1. The number of halogens is 3. The number of fused-ring (bicyclic) bond motifs is 3. The SMILES string of the molecule is O=C(O)C1=C(COC(=O)c2cn(CCF)c3c(F)c(N4CCNCC4)c(F)cc3c2=O)CS[C@@H]2C(NC(=O)C3=NCCC4CSC=C34)C(=O)N12. The minimum absolute atomic E-state index is 0.00949. The highest BCUT2D eigenvalue weighted by Crippen LogP contribution is 2.41. The lowest BCUT2D eigenvalue weighted by Crippen LogP contribution is -2.71. The second kappa shape index (κ2) is 13.8. The number of piperazine rings is 1. The molecule has 2 saturated heterocycles. The Balaban J connectivity index is 1.10. The Hall–Kier alpha value is -4.29. The number of aliphatic carboxylic acids is 1. The van der Waals surface area contributed by atoms with Crippen LogP contribution in [0.25, 0.3) is 10.9 Å². The Kier molecular flexibility index (Phi) is 9.42. The van der Waals surface area contributed by atoms with Crippen LogP contribution >= 0.6 is 23.5 Å². The number of nitrogens with one attached hydrogen (secondary N) is 2. The number of rotatable bonds is 9. The minimum atomic E-state index is -1.46. The number of carbonyl (C=O) groups excluding carboxylic acids is 3. The lowest BCUT2D eigenvalue weighted by atomic mass is 9.91. The molecule has 2 aromatic rings. The molecule has 13 nitrogen and oxygen atoms in total. The molecule has 2 amide bonds. The van der Waals surface area contributed by atoms with Gasteiger partial charge in [0, 0.05) is 56.0 Å². The quantitative estimate of drug-likeness (QED) is 0.254. The molecule has 6 heterocycles. The van der Waals surface area contributed by atoms with Crippen molar-refractivity contribution >= 4 is 69.6 Å². The van der Waals surface area contributed by atoms with Crippen molar-refractivity contribution < 1.29 is 42.2 Å². The van der Waals surface area contributed by atoms with Gasteiger partial charge in [0.2, 0.25) is 5.43 Å². The average molecular weight is 733 g/mol. The summed E-state index contributed by atoms with van der Waals surface area (Å²) in [5.74, 6) is -4.84. The predicted molar refractivity (Wildman–Crippen MR) is 180 cm³/mol. The van der Waals surface area contributed by atoms with Gasteiger partial charge in [-0.3, -0.25) is 24.3 Å². The van der Waals surface area contributed by atoms with Crippen molar-refractivity contribution in [3.8, 4) is 0 Å². The van der Waals surface area contributed by atoms with Crippen LogP contribution in [0, 0.1) is 17.6 Å². The molecule has 18 heteroatoms. The molecule has 0 bridgehead atoms. The third-order valence-electron chi connectivity index (χ3n) is 9.31. The van der Waals surface area contributed by atoms with Gasteiger partial charge in [-0.05, 0) is 29.4 Å². The third-order valence-corrected chi connectivity index (χ3v) is 11.7. The number of β-lactam (4-membered cyclic amide) rings is 1. The number of nitrogens with zero attached hydrogens (tertiary/aromatic N) is 4. The number of aryl methyl sites for hydroxylation is 1. The fraction of sp³-hybridized carbons (Fsp3) is 0.438. The number of benzene rings is 1. The zero-order valence-electron chi connectivity index (χ0n) is 26.4. The highest BCUT2D eigenvalue weighted by Gasteiger charge is 2.54. The summed E-state index contributed by atoms with van der Waals surface area (Å²) in [4.78, 5) is 72.2. The van der Waals surface area contributed by atoms with Gasteiger partial charge in [-0.15, -0.1) is 23.5 Å². The van der Waals surface area contributed by atoms with Crippen LogP contribution in [0.5, 0.6) is 0 Å². The number of alkyl halides is 1. The number of thioether (sulfide) groups is 2. The minimum Gasteiger partial charge on any atom is -0.477 e. The Morgan fingerprint density at radius 1 is 1.18 bits per heavy atom. The van der Waals surface area contributed by atoms with Crippen molar-refractivity contribution in [1.82, 2.24) is 20.1 Å². The van der Waals surface area contributed by atoms with Crippen LogP contribution in [-0.4, -0.2) is 113 Å². The Bertz CT molecular complexity index is 1980. The van der Waals surface area contributed by atoms with E-state index in [-0.39, 0.29) is 34.2 Å². The summed E-state index contributed by atoms with van der Waals surface area (Å²) in [6.45, 7) is -0.00609. The first-order valence-electron chi connectivity index (χ1n) is 15.9. The van der Waals surface area contributed by atoms with Gasteiger partial charge in [-0.2, -0.15) is 0 Å². The molecule has 7 rings (SSSR count). The van der Waals surface area contributed by atoms with Crippen molar-refractivity contribution in [3.05, 3.63) is 61.9 Å². The largest absolute Gasteiger partial charge is 0.477 e. The maximum Gasteiger partial charge on any atom is 0.352 e. The van der Waals surface area contributed by atoms with Gasteiger partial charge < -0.3 is 29.9 Å². The lowest BCUT2D eigenvalue weighted by Gasteiger charge is -2.49. The van der Waals surface area contributed by atoms with Crippen LogP contribution in [0.3, 0.4) is 0 Å². The van der Waals surface area contributed by atoms with Crippen LogP contribution < -0.4 is 21.0 Å². The zero-order chi connectivity index (χ0) is 35.3. The maximum atomic E-state index is 15.8. The fourth-order valence-electron chi connectivity index (χ4n) is 6.86. The monoisotopic (exact) mass is 732 g/mol. The number of aliphatic imine (C=N–C) groups is 1. The van der Waals surface area contributed by atoms with E-state index in [4.69, 9.17) is 4.74 Å². The number of amides is 2. The van der Waals surface area contributed by atoms with E-state index >= 15 is 8.78 Å². The molecule has 264 valence electrons. The van der Waals surface area contributed by atoms with E-state index in [1.165, 1.54) is 4.90 Å². The second-order valence-electron chi connectivity index (χ2n) is 12.2. The van der Waals surface area contributed by atoms with E-state index < -0.39 is 88.7 Å². The number of ether oxygens (including phenoxy) is 1. The summed E-state index contributed by atoms with van der Waals surface area (Å²) >= 11 is 2.76. The molecule has 0 spiro atoms. The third kappa shape index (κ3) is 5.85. The van der Waals surface area contributed by atoms with Gasteiger partial charge >= 0.3 is 11.9 Å². The zero-order valence-corrected chi connectivity index (χ0v) is 28.0. The van der Waals surface area contributed by atoms with Crippen LogP contribution in [-0.2, 0) is 25.7 Å². The smallest absolute Gasteiger partial charge is 0.352 e.